The molecule has 1 heterocycles. The van der Waals surface area contributed by atoms with Crippen LogP contribution in [0.25, 0.3) is 0 Å². The monoisotopic (exact) mass is 254 g/mol. The highest BCUT2D eigenvalue weighted by Gasteiger charge is 2.39. The molecule has 2 rings (SSSR count). The van der Waals surface area contributed by atoms with E-state index < -0.39 is 0 Å². The van der Waals surface area contributed by atoms with Gasteiger partial charge in [0.15, 0.2) is 5.17 Å². The number of hydrogen-bond acceptors (Lipinski definition) is 2. The van der Waals surface area contributed by atoms with E-state index in [0.717, 1.165) is 5.92 Å². The Labute approximate surface area is 110 Å². The Kier molecular flexibility index (Phi) is 4.40. The average Bonchev–Trinajstić information content (AvgIpc) is 2.90. The molecule has 2 fully saturated rings. The minimum absolute atomic E-state index is 0.416. The SMILES string of the molecule is CCC(C)CC(C)N=C1NC2(CCCC2)CS1. The van der Waals surface area contributed by atoms with E-state index in [4.69, 9.17) is 4.99 Å². The van der Waals surface area contributed by atoms with Crippen molar-refractivity contribution in [3.05, 3.63) is 0 Å². The van der Waals surface area contributed by atoms with Crippen LogP contribution in [0.15, 0.2) is 4.99 Å². The van der Waals surface area contributed by atoms with E-state index in [0.29, 0.717) is 11.6 Å². The molecule has 2 aliphatic rings. The first-order chi connectivity index (χ1) is 8.13. The van der Waals surface area contributed by atoms with Gasteiger partial charge >= 0.3 is 0 Å². The molecule has 1 aliphatic carbocycles. The van der Waals surface area contributed by atoms with Crippen LogP contribution in [0.1, 0.15) is 59.3 Å². The zero-order valence-corrected chi connectivity index (χ0v) is 12.3. The van der Waals surface area contributed by atoms with Gasteiger partial charge < -0.3 is 5.32 Å². The van der Waals surface area contributed by atoms with Gasteiger partial charge in [-0.2, -0.15) is 0 Å². The quantitative estimate of drug-likeness (QED) is 0.825. The lowest BCUT2D eigenvalue weighted by Gasteiger charge is -2.22. The molecule has 0 aromatic heterocycles. The van der Waals surface area contributed by atoms with E-state index in [1.807, 2.05) is 11.8 Å². The number of thioether (sulfide) groups is 1. The van der Waals surface area contributed by atoms with Crippen LogP contribution in [-0.2, 0) is 0 Å². The highest BCUT2D eigenvalue weighted by atomic mass is 32.2. The molecule has 0 aromatic carbocycles. The van der Waals surface area contributed by atoms with Crippen LogP contribution in [0, 0.1) is 5.92 Å². The summed E-state index contributed by atoms with van der Waals surface area (Å²) < 4.78 is 0. The summed E-state index contributed by atoms with van der Waals surface area (Å²) in [6.45, 7) is 6.84. The van der Waals surface area contributed by atoms with Gasteiger partial charge in [-0.15, -0.1) is 0 Å². The highest BCUT2D eigenvalue weighted by molar-refractivity contribution is 8.14. The molecule has 3 heteroatoms. The van der Waals surface area contributed by atoms with E-state index in [9.17, 15) is 0 Å². The van der Waals surface area contributed by atoms with E-state index >= 15 is 0 Å². The summed E-state index contributed by atoms with van der Waals surface area (Å²) in [5.74, 6) is 2.03. The van der Waals surface area contributed by atoms with Crippen molar-refractivity contribution in [1.29, 1.82) is 0 Å². The van der Waals surface area contributed by atoms with Gasteiger partial charge in [-0.1, -0.05) is 44.9 Å². The second kappa shape index (κ2) is 5.64. The first-order valence-electron chi connectivity index (χ1n) is 7.12. The Morgan fingerprint density at radius 1 is 1.35 bits per heavy atom. The normalized spacial score (nSPS) is 28.5. The second-order valence-corrected chi connectivity index (χ2v) is 6.90. The zero-order chi connectivity index (χ0) is 12.3. The molecule has 0 aromatic rings. The van der Waals surface area contributed by atoms with Crippen LogP contribution in [0.4, 0.5) is 0 Å². The smallest absolute Gasteiger partial charge is 0.157 e. The average molecular weight is 254 g/mol. The van der Waals surface area contributed by atoms with Gasteiger partial charge in [0.05, 0.1) is 6.04 Å². The minimum Gasteiger partial charge on any atom is -0.359 e. The fourth-order valence-corrected chi connectivity index (χ4v) is 4.22. The molecule has 17 heavy (non-hydrogen) atoms. The lowest BCUT2D eigenvalue weighted by atomic mass is 10.0. The summed E-state index contributed by atoms with van der Waals surface area (Å²) >= 11 is 1.94. The van der Waals surface area contributed by atoms with E-state index in [-0.39, 0.29) is 0 Å². The lowest BCUT2D eigenvalue weighted by molar-refractivity contribution is 0.446. The van der Waals surface area contributed by atoms with Crippen LogP contribution in [-0.4, -0.2) is 22.5 Å². The molecule has 1 aliphatic heterocycles. The van der Waals surface area contributed by atoms with Crippen molar-refractivity contribution in [3.63, 3.8) is 0 Å². The molecule has 0 bridgehead atoms. The zero-order valence-electron chi connectivity index (χ0n) is 11.5. The second-order valence-electron chi connectivity index (χ2n) is 5.93. The molecular formula is C14H26N2S. The molecule has 98 valence electrons. The van der Waals surface area contributed by atoms with Gasteiger partial charge in [0, 0.05) is 11.3 Å². The summed E-state index contributed by atoms with van der Waals surface area (Å²) in [7, 11) is 0. The van der Waals surface area contributed by atoms with Crippen molar-refractivity contribution in [3.8, 4) is 0 Å². The summed E-state index contributed by atoms with van der Waals surface area (Å²) in [5.41, 5.74) is 0.416. The van der Waals surface area contributed by atoms with Crippen LogP contribution < -0.4 is 5.32 Å². The summed E-state index contributed by atoms with van der Waals surface area (Å²) in [6.07, 6.45) is 7.96. The third kappa shape index (κ3) is 3.40. The van der Waals surface area contributed by atoms with Crippen molar-refractivity contribution < 1.29 is 0 Å². The van der Waals surface area contributed by atoms with Gasteiger partial charge in [0.25, 0.3) is 0 Å². The van der Waals surface area contributed by atoms with E-state index in [1.54, 1.807) is 0 Å². The molecule has 1 spiro atoms. The van der Waals surface area contributed by atoms with E-state index in [2.05, 4.69) is 26.1 Å². The van der Waals surface area contributed by atoms with Crippen molar-refractivity contribution in [2.45, 2.75) is 70.9 Å². The maximum absolute atomic E-state index is 4.85. The molecular weight excluding hydrogens is 228 g/mol. The third-order valence-electron chi connectivity index (χ3n) is 4.20. The molecule has 1 saturated carbocycles. The van der Waals surface area contributed by atoms with Crippen LogP contribution in [0.5, 0.6) is 0 Å². The maximum Gasteiger partial charge on any atom is 0.157 e. The van der Waals surface area contributed by atoms with Crippen LogP contribution in [0.3, 0.4) is 0 Å². The first kappa shape index (κ1) is 13.3. The van der Waals surface area contributed by atoms with Crippen molar-refractivity contribution >= 4 is 16.9 Å². The predicted octanol–water partition coefficient (Wildman–Crippen LogP) is 3.82. The Bertz CT molecular complexity index is 282. The molecule has 2 atom stereocenters. The Hall–Kier alpha value is -0.180. The predicted molar refractivity (Wildman–Crippen MR) is 77.8 cm³/mol. The Morgan fingerprint density at radius 2 is 2.06 bits per heavy atom. The molecule has 2 unspecified atom stereocenters. The van der Waals surface area contributed by atoms with Gasteiger partial charge in [-0.25, -0.2) is 0 Å². The van der Waals surface area contributed by atoms with Gasteiger partial charge in [-0.3, -0.25) is 4.99 Å². The van der Waals surface area contributed by atoms with Gasteiger partial charge in [0.1, 0.15) is 0 Å². The van der Waals surface area contributed by atoms with Crippen LogP contribution in [0.2, 0.25) is 0 Å². The topological polar surface area (TPSA) is 24.4 Å². The van der Waals surface area contributed by atoms with E-state index in [1.165, 1.54) is 49.4 Å². The summed E-state index contributed by atoms with van der Waals surface area (Å²) in [6, 6.07) is 0.469. The number of nitrogens with one attached hydrogen (secondary N) is 1. The largest absolute Gasteiger partial charge is 0.359 e. The number of hydrogen-bond donors (Lipinski definition) is 1. The number of aliphatic imine (C=N–C) groups is 1. The first-order valence-corrected chi connectivity index (χ1v) is 8.11. The van der Waals surface area contributed by atoms with Crippen molar-refractivity contribution in [2.75, 3.05) is 5.75 Å². The Balaban J connectivity index is 1.86. The van der Waals surface area contributed by atoms with Crippen molar-refractivity contribution in [2.24, 2.45) is 10.9 Å². The minimum atomic E-state index is 0.416. The van der Waals surface area contributed by atoms with Gasteiger partial charge in [-0.05, 0) is 32.1 Å². The maximum atomic E-state index is 4.85. The molecule has 1 N–H and O–H groups in total. The molecule has 2 nitrogen and oxygen atoms in total. The van der Waals surface area contributed by atoms with Crippen molar-refractivity contribution in [1.82, 2.24) is 5.32 Å². The fraction of sp³-hybridized carbons (Fsp3) is 0.929. The standard InChI is InChI=1S/C14H26N2S/c1-4-11(2)9-12(3)15-13-16-14(10-17-13)7-5-6-8-14/h11-12H,4-10H2,1-3H3,(H,15,16). The fourth-order valence-electron chi connectivity index (χ4n) is 2.90. The number of amidine groups is 1. The number of rotatable bonds is 4. The summed E-state index contributed by atoms with van der Waals surface area (Å²) in [5, 5.41) is 4.91. The van der Waals surface area contributed by atoms with Crippen LogP contribution >= 0.6 is 11.8 Å². The molecule has 0 amide bonds. The third-order valence-corrected chi connectivity index (χ3v) is 5.37. The lowest BCUT2D eigenvalue weighted by Crippen LogP contribution is -2.40. The molecule has 1 saturated heterocycles. The molecule has 0 radical (unpaired) electrons. The van der Waals surface area contributed by atoms with Gasteiger partial charge in [0.2, 0.25) is 0 Å². The Morgan fingerprint density at radius 3 is 2.71 bits per heavy atom. The number of nitrogens with zero attached hydrogens (tertiary/aromatic N) is 1. The highest BCUT2D eigenvalue weighted by Crippen LogP contribution is 2.37. The summed E-state index contributed by atoms with van der Waals surface area (Å²) in [4.78, 5) is 4.85.